The van der Waals surface area contributed by atoms with E-state index in [1.54, 1.807) is 37.2 Å². The number of sulfonamides is 1. The average molecular weight is 406 g/mol. The zero-order valence-electron chi connectivity index (χ0n) is 16.0. The third kappa shape index (κ3) is 5.05. The molecule has 0 aliphatic rings. The number of esters is 1. The molecule has 0 radical (unpaired) electrons. The molecular weight excluding hydrogens is 384 g/mol. The van der Waals surface area contributed by atoms with Crippen LogP contribution in [-0.2, 0) is 19.6 Å². The maximum Gasteiger partial charge on any atom is 0.357 e. The van der Waals surface area contributed by atoms with E-state index in [0.717, 1.165) is 4.31 Å². The van der Waals surface area contributed by atoms with Crippen LogP contribution < -0.4 is 10.2 Å². The second-order valence-corrected chi connectivity index (χ2v) is 8.35. The van der Waals surface area contributed by atoms with Gasteiger partial charge in [0.1, 0.15) is 5.69 Å². The quantitative estimate of drug-likeness (QED) is 0.688. The van der Waals surface area contributed by atoms with Crippen LogP contribution in [0.15, 0.2) is 47.5 Å². The fraction of sp³-hybridized carbons (Fsp3) is 0.278. The minimum Gasteiger partial charge on any atom is -0.451 e. The number of carbonyl (C=O) groups is 2. The second-order valence-electron chi connectivity index (χ2n) is 6.20. The van der Waals surface area contributed by atoms with E-state index < -0.39 is 28.5 Å². The van der Waals surface area contributed by atoms with Crippen molar-refractivity contribution in [2.45, 2.75) is 4.90 Å². The smallest absolute Gasteiger partial charge is 0.357 e. The number of hydrogen-bond acceptors (Lipinski definition) is 7. The van der Waals surface area contributed by atoms with Gasteiger partial charge in [0.15, 0.2) is 6.61 Å². The number of carbonyl (C=O) groups excluding carboxylic acids is 2. The number of pyridine rings is 1. The van der Waals surface area contributed by atoms with Crippen LogP contribution in [0.2, 0.25) is 0 Å². The average Bonchev–Trinajstić information content (AvgIpc) is 2.66. The number of hydrogen-bond donors (Lipinski definition) is 1. The number of ether oxygens (including phenoxy) is 1. The number of anilines is 2. The summed E-state index contributed by atoms with van der Waals surface area (Å²) < 4.78 is 30.7. The zero-order valence-corrected chi connectivity index (χ0v) is 16.9. The molecule has 0 aliphatic carbocycles. The topological polar surface area (TPSA) is 109 Å². The van der Waals surface area contributed by atoms with Gasteiger partial charge in [0, 0.05) is 34.4 Å². The van der Waals surface area contributed by atoms with Crippen LogP contribution in [0.25, 0.3) is 0 Å². The van der Waals surface area contributed by atoms with Crippen molar-refractivity contribution in [1.29, 1.82) is 0 Å². The highest BCUT2D eigenvalue weighted by molar-refractivity contribution is 7.89. The van der Waals surface area contributed by atoms with E-state index in [-0.39, 0.29) is 16.3 Å². The molecule has 0 saturated carbocycles. The maximum absolute atomic E-state index is 12.3. The standard InChI is InChI=1S/C18H22N4O5S/c1-21(2)16-9-8-13(28(25,26)22(3)4)11-15(16)20-17(23)12-27-18(24)14-7-5-6-10-19-14/h5-11H,12H2,1-4H3,(H,20,23). The molecule has 0 saturated heterocycles. The predicted octanol–water partition coefficient (Wildman–Crippen LogP) is 1.19. The zero-order chi connectivity index (χ0) is 20.9. The summed E-state index contributed by atoms with van der Waals surface area (Å²) in [5.74, 6) is -1.33. The molecule has 0 fully saturated rings. The lowest BCUT2D eigenvalue weighted by Crippen LogP contribution is -2.24. The van der Waals surface area contributed by atoms with E-state index in [4.69, 9.17) is 4.74 Å². The van der Waals surface area contributed by atoms with Gasteiger partial charge in [-0.25, -0.2) is 22.5 Å². The van der Waals surface area contributed by atoms with Gasteiger partial charge in [-0.1, -0.05) is 6.07 Å². The molecule has 0 atom stereocenters. The molecule has 1 heterocycles. The lowest BCUT2D eigenvalue weighted by Gasteiger charge is -2.20. The third-order valence-corrected chi connectivity index (χ3v) is 5.52. The van der Waals surface area contributed by atoms with E-state index in [1.165, 1.54) is 38.5 Å². The fourth-order valence-electron chi connectivity index (χ4n) is 2.25. The summed E-state index contributed by atoms with van der Waals surface area (Å²) in [6, 6.07) is 9.17. The molecule has 0 aliphatic heterocycles. The molecule has 9 nitrogen and oxygen atoms in total. The van der Waals surface area contributed by atoms with E-state index in [2.05, 4.69) is 10.3 Å². The Kier molecular flexibility index (Phi) is 6.71. The van der Waals surface area contributed by atoms with Crippen LogP contribution in [0, 0.1) is 0 Å². The highest BCUT2D eigenvalue weighted by Gasteiger charge is 2.20. The molecule has 1 amide bonds. The van der Waals surface area contributed by atoms with Crippen LogP contribution in [0.5, 0.6) is 0 Å². The Morgan fingerprint density at radius 3 is 2.39 bits per heavy atom. The summed E-state index contributed by atoms with van der Waals surface area (Å²) in [5.41, 5.74) is 0.970. The van der Waals surface area contributed by atoms with Crippen LogP contribution in [0.1, 0.15) is 10.5 Å². The Labute approximate surface area is 164 Å². The van der Waals surface area contributed by atoms with Gasteiger partial charge in [-0.2, -0.15) is 0 Å². The SMILES string of the molecule is CN(C)c1ccc(S(=O)(=O)N(C)C)cc1NC(=O)COC(=O)c1ccccn1. The first kappa shape index (κ1) is 21.3. The van der Waals surface area contributed by atoms with Crippen molar-refractivity contribution in [3.05, 3.63) is 48.3 Å². The summed E-state index contributed by atoms with van der Waals surface area (Å²) in [5, 5.41) is 2.59. The molecule has 2 aromatic rings. The van der Waals surface area contributed by atoms with Crippen molar-refractivity contribution < 1.29 is 22.7 Å². The van der Waals surface area contributed by atoms with Crippen molar-refractivity contribution in [3.63, 3.8) is 0 Å². The predicted molar refractivity (Wildman–Crippen MR) is 105 cm³/mol. The second kappa shape index (κ2) is 8.81. The third-order valence-electron chi connectivity index (χ3n) is 3.71. The van der Waals surface area contributed by atoms with Gasteiger partial charge in [-0.15, -0.1) is 0 Å². The highest BCUT2D eigenvalue weighted by Crippen LogP contribution is 2.28. The molecule has 0 bridgehead atoms. The van der Waals surface area contributed by atoms with Gasteiger partial charge in [-0.3, -0.25) is 4.79 Å². The fourth-order valence-corrected chi connectivity index (χ4v) is 3.18. The minimum atomic E-state index is -3.67. The Morgan fingerprint density at radius 1 is 1.11 bits per heavy atom. The van der Waals surface area contributed by atoms with Crippen molar-refractivity contribution >= 4 is 33.3 Å². The Bertz CT molecular complexity index is 959. The molecule has 1 aromatic carbocycles. The number of aromatic nitrogens is 1. The first-order valence-electron chi connectivity index (χ1n) is 8.25. The molecule has 0 spiro atoms. The molecule has 1 N–H and O–H groups in total. The van der Waals surface area contributed by atoms with Crippen molar-refractivity contribution in [1.82, 2.24) is 9.29 Å². The van der Waals surface area contributed by atoms with Crippen LogP contribution in [0.4, 0.5) is 11.4 Å². The van der Waals surface area contributed by atoms with Crippen LogP contribution in [0.3, 0.4) is 0 Å². The Morgan fingerprint density at radius 2 is 1.82 bits per heavy atom. The van der Waals surface area contributed by atoms with Crippen molar-refractivity contribution in [2.24, 2.45) is 0 Å². The maximum atomic E-state index is 12.3. The monoisotopic (exact) mass is 406 g/mol. The summed E-state index contributed by atoms with van der Waals surface area (Å²) in [6.45, 7) is -0.535. The van der Waals surface area contributed by atoms with E-state index in [1.807, 2.05) is 0 Å². The summed E-state index contributed by atoms with van der Waals surface area (Å²) >= 11 is 0. The number of rotatable bonds is 7. The van der Waals surface area contributed by atoms with Gasteiger partial charge in [0.2, 0.25) is 10.0 Å². The molecule has 28 heavy (non-hydrogen) atoms. The minimum absolute atomic E-state index is 0.0314. The molecule has 1 aromatic heterocycles. The van der Waals surface area contributed by atoms with Gasteiger partial charge in [0.25, 0.3) is 5.91 Å². The summed E-state index contributed by atoms with van der Waals surface area (Å²) in [6.07, 6.45) is 1.44. The Hall–Kier alpha value is -2.98. The summed E-state index contributed by atoms with van der Waals surface area (Å²) in [7, 11) is 2.69. The highest BCUT2D eigenvalue weighted by atomic mass is 32.2. The van der Waals surface area contributed by atoms with Crippen LogP contribution >= 0.6 is 0 Å². The lowest BCUT2D eigenvalue weighted by molar-refractivity contribution is -0.119. The molecular formula is C18H22N4O5S. The van der Waals surface area contributed by atoms with Crippen molar-refractivity contribution in [3.8, 4) is 0 Å². The molecule has 2 rings (SSSR count). The largest absolute Gasteiger partial charge is 0.451 e. The number of amides is 1. The van der Waals surface area contributed by atoms with Gasteiger partial charge < -0.3 is 15.0 Å². The van der Waals surface area contributed by atoms with E-state index in [0.29, 0.717) is 5.69 Å². The normalized spacial score (nSPS) is 11.2. The number of nitrogens with one attached hydrogen (secondary N) is 1. The van der Waals surface area contributed by atoms with E-state index in [9.17, 15) is 18.0 Å². The first-order valence-corrected chi connectivity index (χ1v) is 9.69. The van der Waals surface area contributed by atoms with Crippen molar-refractivity contribution in [2.75, 3.05) is 45.0 Å². The molecule has 10 heteroatoms. The van der Waals surface area contributed by atoms with Gasteiger partial charge in [-0.05, 0) is 30.3 Å². The summed E-state index contributed by atoms with van der Waals surface area (Å²) in [4.78, 5) is 29.7. The number of nitrogens with zero attached hydrogens (tertiary/aromatic N) is 3. The van der Waals surface area contributed by atoms with E-state index >= 15 is 0 Å². The first-order chi connectivity index (χ1) is 13.1. The van der Waals surface area contributed by atoms with Gasteiger partial charge in [0.05, 0.1) is 16.3 Å². The molecule has 150 valence electrons. The number of benzene rings is 1. The Balaban J connectivity index is 2.17. The lowest BCUT2D eigenvalue weighted by atomic mass is 10.2. The molecule has 0 unspecified atom stereocenters. The van der Waals surface area contributed by atoms with Gasteiger partial charge >= 0.3 is 5.97 Å². The van der Waals surface area contributed by atoms with Crippen LogP contribution in [-0.4, -0.2) is 64.4 Å².